The largest absolute Gasteiger partial charge is 0.461 e. The highest BCUT2D eigenvalue weighted by Gasteiger charge is 2.22. The second kappa shape index (κ2) is 10.3. The number of esters is 1. The minimum atomic E-state index is -0.567. The summed E-state index contributed by atoms with van der Waals surface area (Å²) in [7, 11) is 0. The van der Waals surface area contributed by atoms with E-state index < -0.39 is 6.04 Å². The average Bonchev–Trinajstić information content (AvgIpc) is 2.77. The SMILES string of the molecule is CC(C)C.NC(CCCO)C(=O)OC1CCCC1. The van der Waals surface area contributed by atoms with Crippen LogP contribution < -0.4 is 5.73 Å². The van der Waals surface area contributed by atoms with Crippen molar-refractivity contribution in [3.05, 3.63) is 0 Å². The van der Waals surface area contributed by atoms with E-state index in [0.29, 0.717) is 12.8 Å². The van der Waals surface area contributed by atoms with Gasteiger partial charge < -0.3 is 15.6 Å². The molecule has 0 spiro atoms. The fourth-order valence-corrected chi connectivity index (χ4v) is 1.69. The molecule has 0 amide bonds. The second-order valence-electron chi connectivity index (χ2n) is 5.55. The molecule has 0 heterocycles. The van der Waals surface area contributed by atoms with Crippen LogP contribution in [0.5, 0.6) is 0 Å². The van der Waals surface area contributed by atoms with Crippen molar-refractivity contribution in [1.29, 1.82) is 0 Å². The van der Waals surface area contributed by atoms with Gasteiger partial charge in [0.15, 0.2) is 0 Å². The molecule has 0 aromatic rings. The molecule has 1 aliphatic carbocycles. The van der Waals surface area contributed by atoms with Gasteiger partial charge in [0.1, 0.15) is 12.1 Å². The molecule has 1 saturated carbocycles. The van der Waals surface area contributed by atoms with E-state index in [0.717, 1.165) is 31.6 Å². The summed E-state index contributed by atoms with van der Waals surface area (Å²) in [5, 5.41) is 8.57. The van der Waals surface area contributed by atoms with Crippen LogP contribution in [0, 0.1) is 5.92 Å². The zero-order valence-corrected chi connectivity index (χ0v) is 12.0. The van der Waals surface area contributed by atoms with Gasteiger partial charge >= 0.3 is 5.97 Å². The number of carbonyl (C=O) groups is 1. The summed E-state index contributed by atoms with van der Waals surface area (Å²) in [5.74, 6) is 0.519. The van der Waals surface area contributed by atoms with Gasteiger partial charge in [0, 0.05) is 6.61 Å². The summed E-state index contributed by atoms with van der Waals surface area (Å²) in [6.07, 6.45) is 5.37. The Balaban J connectivity index is 0.000000631. The fraction of sp³-hybridized carbons (Fsp3) is 0.929. The maximum absolute atomic E-state index is 11.4. The maximum atomic E-state index is 11.4. The molecule has 3 N–H and O–H groups in total. The third-order valence-electron chi connectivity index (χ3n) is 2.56. The first-order chi connectivity index (χ1) is 8.47. The van der Waals surface area contributed by atoms with Crippen LogP contribution in [0.3, 0.4) is 0 Å². The molecule has 0 bridgehead atoms. The van der Waals surface area contributed by atoms with Crippen LogP contribution in [0.25, 0.3) is 0 Å². The quantitative estimate of drug-likeness (QED) is 0.743. The predicted octanol–water partition coefficient (Wildman–Crippen LogP) is 2.23. The Kier molecular flexibility index (Phi) is 9.98. The second-order valence-corrected chi connectivity index (χ2v) is 5.55. The van der Waals surface area contributed by atoms with E-state index in [4.69, 9.17) is 15.6 Å². The molecule has 1 fully saturated rings. The first-order valence-electron chi connectivity index (χ1n) is 7.04. The minimum Gasteiger partial charge on any atom is -0.461 e. The van der Waals surface area contributed by atoms with Gasteiger partial charge in [-0.2, -0.15) is 0 Å². The van der Waals surface area contributed by atoms with Gasteiger partial charge in [0.05, 0.1) is 0 Å². The van der Waals surface area contributed by atoms with Gasteiger partial charge in [0.2, 0.25) is 0 Å². The van der Waals surface area contributed by atoms with Crippen molar-refractivity contribution in [2.24, 2.45) is 11.7 Å². The number of aliphatic hydroxyl groups is 1. The van der Waals surface area contributed by atoms with E-state index in [-0.39, 0.29) is 18.7 Å². The highest BCUT2D eigenvalue weighted by Crippen LogP contribution is 2.21. The molecule has 1 unspecified atom stereocenters. The summed E-state index contributed by atoms with van der Waals surface area (Å²) in [5.41, 5.74) is 5.60. The van der Waals surface area contributed by atoms with Crippen LogP contribution in [-0.2, 0) is 9.53 Å². The Morgan fingerprint density at radius 3 is 2.28 bits per heavy atom. The van der Waals surface area contributed by atoms with E-state index in [1.165, 1.54) is 0 Å². The Morgan fingerprint density at radius 2 is 1.83 bits per heavy atom. The van der Waals surface area contributed by atoms with E-state index in [1.807, 2.05) is 0 Å². The van der Waals surface area contributed by atoms with Gasteiger partial charge in [0.25, 0.3) is 0 Å². The van der Waals surface area contributed by atoms with Crippen LogP contribution >= 0.6 is 0 Å². The summed E-state index contributed by atoms with van der Waals surface area (Å²) < 4.78 is 5.22. The molecule has 108 valence electrons. The van der Waals surface area contributed by atoms with Gasteiger partial charge in [-0.3, -0.25) is 4.79 Å². The highest BCUT2D eigenvalue weighted by atomic mass is 16.5. The number of aliphatic hydroxyl groups excluding tert-OH is 1. The van der Waals surface area contributed by atoms with E-state index in [2.05, 4.69) is 20.8 Å². The molecule has 0 saturated heterocycles. The van der Waals surface area contributed by atoms with Crippen LogP contribution in [0.2, 0.25) is 0 Å². The zero-order valence-electron chi connectivity index (χ0n) is 12.0. The molecular formula is C14H29NO3. The lowest BCUT2D eigenvalue weighted by atomic mass is 10.2. The number of hydrogen-bond donors (Lipinski definition) is 2. The first-order valence-corrected chi connectivity index (χ1v) is 7.04. The van der Waals surface area contributed by atoms with E-state index >= 15 is 0 Å². The van der Waals surface area contributed by atoms with Crippen molar-refractivity contribution in [2.45, 2.75) is 71.4 Å². The Morgan fingerprint density at radius 1 is 1.33 bits per heavy atom. The molecule has 18 heavy (non-hydrogen) atoms. The van der Waals surface area contributed by atoms with Crippen LogP contribution in [0.15, 0.2) is 0 Å². The third kappa shape index (κ3) is 9.42. The Bertz CT molecular complexity index is 210. The molecule has 0 aromatic heterocycles. The van der Waals surface area contributed by atoms with Crippen LogP contribution in [-0.4, -0.2) is 29.8 Å². The molecular weight excluding hydrogens is 230 g/mol. The molecule has 1 aliphatic rings. The topological polar surface area (TPSA) is 72.5 Å². The number of ether oxygens (including phenoxy) is 1. The smallest absolute Gasteiger partial charge is 0.323 e. The monoisotopic (exact) mass is 259 g/mol. The van der Waals surface area contributed by atoms with Crippen molar-refractivity contribution in [3.63, 3.8) is 0 Å². The molecule has 0 aromatic carbocycles. The van der Waals surface area contributed by atoms with Crippen molar-refractivity contribution in [3.8, 4) is 0 Å². The Labute approximate surface area is 111 Å². The Hall–Kier alpha value is -0.610. The van der Waals surface area contributed by atoms with Crippen molar-refractivity contribution < 1.29 is 14.6 Å². The van der Waals surface area contributed by atoms with Crippen LogP contribution in [0.1, 0.15) is 59.3 Å². The minimum absolute atomic E-state index is 0.0738. The summed E-state index contributed by atoms with van der Waals surface area (Å²) in [6.45, 7) is 6.57. The van der Waals surface area contributed by atoms with Gasteiger partial charge in [-0.1, -0.05) is 20.8 Å². The summed E-state index contributed by atoms with van der Waals surface area (Å²) in [4.78, 5) is 11.4. The lowest BCUT2D eigenvalue weighted by molar-refractivity contribution is -0.150. The van der Waals surface area contributed by atoms with Crippen LogP contribution in [0.4, 0.5) is 0 Å². The van der Waals surface area contributed by atoms with Crippen molar-refractivity contribution in [2.75, 3.05) is 6.61 Å². The summed E-state index contributed by atoms with van der Waals surface area (Å²) in [6, 6.07) is -0.567. The number of hydrogen-bond acceptors (Lipinski definition) is 4. The maximum Gasteiger partial charge on any atom is 0.323 e. The van der Waals surface area contributed by atoms with E-state index in [9.17, 15) is 4.79 Å². The standard InChI is InChI=1S/C10H19NO3.C4H10/c11-9(6-3-7-12)10(13)14-8-4-1-2-5-8;1-4(2)3/h8-9,12H,1-7,11H2;4H,1-3H3. The third-order valence-corrected chi connectivity index (χ3v) is 2.56. The van der Waals surface area contributed by atoms with Gasteiger partial charge in [-0.05, 0) is 44.4 Å². The zero-order chi connectivity index (χ0) is 14.0. The molecule has 4 nitrogen and oxygen atoms in total. The molecule has 1 atom stereocenters. The molecule has 0 aliphatic heterocycles. The first kappa shape index (κ1) is 17.4. The molecule has 0 radical (unpaired) electrons. The van der Waals surface area contributed by atoms with E-state index in [1.54, 1.807) is 0 Å². The lowest BCUT2D eigenvalue weighted by Gasteiger charge is -2.15. The molecule has 1 rings (SSSR count). The average molecular weight is 259 g/mol. The summed E-state index contributed by atoms with van der Waals surface area (Å²) >= 11 is 0. The molecule has 4 heteroatoms. The predicted molar refractivity (Wildman–Crippen MR) is 73.2 cm³/mol. The van der Waals surface area contributed by atoms with Gasteiger partial charge in [-0.15, -0.1) is 0 Å². The van der Waals surface area contributed by atoms with Crippen molar-refractivity contribution in [1.82, 2.24) is 0 Å². The number of nitrogens with two attached hydrogens (primary N) is 1. The fourth-order valence-electron chi connectivity index (χ4n) is 1.69. The lowest BCUT2D eigenvalue weighted by Crippen LogP contribution is -2.34. The van der Waals surface area contributed by atoms with Crippen molar-refractivity contribution >= 4 is 5.97 Å². The number of carbonyl (C=O) groups excluding carboxylic acids is 1. The normalized spacial score (nSPS) is 17.2. The van der Waals surface area contributed by atoms with Gasteiger partial charge in [-0.25, -0.2) is 0 Å². The highest BCUT2D eigenvalue weighted by molar-refractivity contribution is 5.75. The number of rotatable bonds is 5.